The van der Waals surface area contributed by atoms with E-state index in [1.165, 1.54) is 25.7 Å². The first-order valence-corrected chi connectivity index (χ1v) is 7.63. The van der Waals surface area contributed by atoms with E-state index in [0.29, 0.717) is 17.9 Å². The Labute approximate surface area is 127 Å². The molecule has 1 heterocycles. The van der Waals surface area contributed by atoms with Gasteiger partial charge in [-0.25, -0.2) is 4.98 Å². The fraction of sp³-hybridized carbons (Fsp3) is 0.529. The van der Waals surface area contributed by atoms with Gasteiger partial charge in [-0.15, -0.1) is 0 Å². The van der Waals surface area contributed by atoms with Crippen LogP contribution in [0.3, 0.4) is 0 Å². The maximum absolute atomic E-state index is 11.8. The highest BCUT2D eigenvalue weighted by Gasteiger charge is 2.03. The van der Waals surface area contributed by atoms with Gasteiger partial charge in [-0.05, 0) is 24.5 Å². The van der Waals surface area contributed by atoms with Crippen LogP contribution in [0, 0.1) is 11.8 Å². The Bertz CT molecular complexity index is 489. The van der Waals surface area contributed by atoms with Crippen molar-refractivity contribution in [3.8, 4) is 11.8 Å². The Kier molecular flexibility index (Phi) is 8.90. The van der Waals surface area contributed by atoms with E-state index < -0.39 is 0 Å². The van der Waals surface area contributed by atoms with Crippen LogP contribution in [0.4, 0.5) is 5.82 Å². The molecule has 0 bridgehead atoms. The summed E-state index contributed by atoms with van der Waals surface area (Å²) in [6.07, 6.45) is 7.51. The predicted octanol–water partition coefficient (Wildman–Crippen LogP) is 3.11. The molecule has 0 saturated carbocycles. The first-order valence-electron chi connectivity index (χ1n) is 7.63. The minimum Gasteiger partial charge on any atom is -0.384 e. The largest absolute Gasteiger partial charge is 0.384 e. The van der Waals surface area contributed by atoms with Crippen LogP contribution in [0.5, 0.6) is 0 Å². The summed E-state index contributed by atoms with van der Waals surface area (Å²) in [6, 6.07) is 5.27. The summed E-state index contributed by atoms with van der Waals surface area (Å²) in [7, 11) is 0. The number of rotatable bonds is 8. The molecular formula is C17H24N2O2. The van der Waals surface area contributed by atoms with Crippen molar-refractivity contribution in [3.63, 3.8) is 0 Å². The van der Waals surface area contributed by atoms with Crippen LogP contribution in [0.15, 0.2) is 18.2 Å². The standard InChI is InChI=1S/C17H24N2O2/c1-2-3-4-5-6-7-13-17(21)19-16-12-8-10-15(18-16)11-9-14-20/h8,10,12,20H,2-7,13-14H2,1H3,(H,18,19,21). The number of aliphatic hydroxyl groups is 1. The number of anilines is 1. The molecule has 4 heteroatoms. The lowest BCUT2D eigenvalue weighted by molar-refractivity contribution is -0.116. The molecule has 0 aliphatic carbocycles. The normalized spacial score (nSPS) is 9.81. The van der Waals surface area contributed by atoms with Gasteiger partial charge < -0.3 is 10.4 Å². The minimum absolute atomic E-state index is 0.00902. The number of hydrogen-bond donors (Lipinski definition) is 2. The summed E-state index contributed by atoms with van der Waals surface area (Å²) < 4.78 is 0. The molecule has 0 saturated heterocycles. The van der Waals surface area contributed by atoms with E-state index >= 15 is 0 Å². The molecular weight excluding hydrogens is 264 g/mol. The lowest BCUT2D eigenvalue weighted by Gasteiger charge is -2.04. The Hall–Kier alpha value is -1.86. The third-order valence-corrected chi connectivity index (χ3v) is 3.07. The van der Waals surface area contributed by atoms with Crippen molar-refractivity contribution >= 4 is 11.7 Å². The molecule has 0 spiro atoms. The smallest absolute Gasteiger partial charge is 0.225 e. The molecule has 1 rings (SSSR count). The van der Waals surface area contributed by atoms with E-state index in [9.17, 15) is 4.79 Å². The molecule has 0 aromatic carbocycles. The van der Waals surface area contributed by atoms with E-state index in [1.54, 1.807) is 18.2 Å². The van der Waals surface area contributed by atoms with Gasteiger partial charge in [0.2, 0.25) is 5.91 Å². The summed E-state index contributed by atoms with van der Waals surface area (Å²) in [5.41, 5.74) is 0.543. The summed E-state index contributed by atoms with van der Waals surface area (Å²) in [5, 5.41) is 11.4. The number of unbranched alkanes of at least 4 members (excludes halogenated alkanes) is 5. The van der Waals surface area contributed by atoms with Gasteiger partial charge in [0, 0.05) is 6.42 Å². The van der Waals surface area contributed by atoms with Crippen molar-refractivity contribution in [3.05, 3.63) is 23.9 Å². The maximum Gasteiger partial charge on any atom is 0.225 e. The third kappa shape index (κ3) is 8.11. The molecule has 4 nitrogen and oxygen atoms in total. The number of aliphatic hydroxyl groups excluding tert-OH is 1. The van der Waals surface area contributed by atoms with Crippen molar-refractivity contribution in [2.45, 2.75) is 51.9 Å². The molecule has 0 atom stereocenters. The zero-order valence-corrected chi connectivity index (χ0v) is 12.7. The SMILES string of the molecule is CCCCCCCCC(=O)Nc1cccc(C#CCO)n1. The first kappa shape index (κ1) is 17.2. The third-order valence-electron chi connectivity index (χ3n) is 3.07. The lowest BCUT2D eigenvalue weighted by Crippen LogP contribution is -2.12. The van der Waals surface area contributed by atoms with Crippen LogP contribution in [0.2, 0.25) is 0 Å². The highest BCUT2D eigenvalue weighted by atomic mass is 16.2. The number of pyridine rings is 1. The predicted molar refractivity (Wildman–Crippen MR) is 84.8 cm³/mol. The summed E-state index contributed by atoms with van der Waals surface area (Å²) in [5.74, 6) is 5.75. The molecule has 0 radical (unpaired) electrons. The number of carbonyl (C=O) groups is 1. The summed E-state index contributed by atoms with van der Waals surface area (Å²) in [4.78, 5) is 16.0. The van der Waals surface area contributed by atoms with Gasteiger partial charge in [-0.1, -0.05) is 51.0 Å². The lowest BCUT2D eigenvalue weighted by atomic mass is 10.1. The van der Waals surface area contributed by atoms with Crippen LogP contribution in [-0.2, 0) is 4.79 Å². The summed E-state index contributed by atoms with van der Waals surface area (Å²) >= 11 is 0. The molecule has 21 heavy (non-hydrogen) atoms. The topological polar surface area (TPSA) is 62.2 Å². The Balaban J connectivity index is 2.31. The van der Waals surface area contributed by atoms with E-state index in [0.717, 1.165) is 12.8 Å². The fourth-order valence-corrected chi connectivity index (χ4v) is 1.98. The molecule has 1 amide bonds. The number of carbonyl (C=O) groups excluding carboxylic acids is 1. The average molecular weight is 288 g/mol. The van der Waals surface area contributed by atoms with Crippen molar-refractivity contribution in [1.82, 2.24) is 4.98 Å². The molecule has 0 aliphatic heterocycles. The highest BCUT2D eigenvalue weighted by Crippen LogP contribution is 2.09. The van der Waals surface area contributed by atoms with Crippen molar-refractivity contribution in [2.24, 2.45) is 0 Å². The molecule has 2 N–H and O–H groups in total. The van der Waals surface area contributed by atoms with Crippen molar-refractivity contribution in [2.75, 3.05) is 11.9 Å². The van der Waals surface area contributed by atoms with E-state index in [1.807, 2.05) is 0 Å². The number of nitrogens with zero attached hydrogens (tertiary/aromatic N) is 1. The Morgan fingerprint density at radius 1 is 1.24 bits per heavy atom. The van der Waals surface area contributed by atoms with Gasteiger partial charge in [0.05, 0.1) is 0 Å². The zero-order valence-electron chi connectivity index (χ0n) is 12.7. The second kappa shape index (κ2) is 10.9. The quantitative estimate of drug-likeness (QED) is 0.570. The Morgan fingerprint density at radius 2 is 2.00 bits per heavy atom. The molecule has 0 fully saturated rings. The van der Waals surface area contributed by atoms with Gasteiger partial charge >= 0.3 is 0 Å². The van der Waals surface area contributed by atoms with Gasteiger partial charge in [0.25, 0.3) is 0 Å². The number of amides is 1. The van der Waals surface area contributed by atoms with Gasteiger partial charge in [0.1, 0.15) is 18.1 Å². The highest BCUT2D eigenvalue weighted by molar-refractivity contribution is 5.89. The van der Waals surface area contributed by atoms with Crippen molar-refractivity contribution < 1.29 is 9.90 Å². The van der Waals surface area contributed by atoms with E-state index in [2.05, 4.69) is 29.1 Å². The van der Waals surface area contributed by atoms with E-state index in [-0.39, 0.29) is 12.5 Å². The molecule has 0 aliphatic rings. The first-order chi connectivity index (χ1) is 10.3. The maximum atomic E-state index is 11.8. The van der Waals surface area contributed by atoms with Gasteiger partial charge in [-0.2, -0.15) is 0 Å². The van der Waals surface area contributed by atoms with Crippen LogP contribution in [0.1, 0.15) is 57.6 Å². The van der Waals surface area contributed by atoms with Crippen molar-refractivity contribution in [1.29, 1.82) is 0 Å². The molecule has 1 aromatic rings. The Morgan fingerprint density at radius 3 is 2.76 bits per heavy atom. The second-order valence-electron chi connectivity index (χ2n) is 4.93. The number of aromatic nitrogens is 1. The zero-order chi connectivity index (χ0) is 15.3. The van der Waals surface area contributed by atoms with E-state index in [4.69, 9.17) is 5.11 Å². The van der Waals surface area contributed by atoms with Crippen LogP contribution in [-0.4, -0.2) is 22.6 Å². The average Bonchev–Trinajstić information content (AvgIpc) is 2.49. The summed E-state index contributed by atoms with van der Waals surface area (Å²) in [6.45, 7) is 2.00. The number of nitrogens with one attached hydrogen (secondary N) is 1. The number of hydrogen-bond acceptors (Lipinski definition) is 3. The van der Waals surface area contributed by atoms with Gasteiger partial charge in [-0.3, -0.25) is 4.79 Å². The minimum atomic E-state index is -0.198. The molecule has 1 aromatic heterocycles. The fourth-order valence-electron chi connectivity index (χ4n) is 1.98. The van der Waals surface area contributed by atoms with Crippen LogP contribution in [0.25, 0.3) is 0 Å². The van der Waals surface area contributed by atoms with Gasteiger partial charge in [0.15, 0.2) is 0 Å². The molecule has 114 valence electrons. The molecule has 0 unspecified atom stereocenters. The second-order valence-corrected chi connectivity index (χ2v) is 4.93. The van der Waals surface area contributed by atoms with Crippen LogP contribution < -0.4 is 5.32 Å². The van der Waals surface area contributed by atoms with Crippen LogP contribution >= 0.6 is 0 Å². The monoisotopic (exact) mass is 288 g/mol.